The Bertz CT molecular complexity index is 704. The van der Waals surface area contributed by atoms with Crippen molar-refractivity contribution in [1.82, 2.24) is 5.32 Å². The lowest BCUT2D eigenvalue weighted by molar-refractivity contribution is -0.144. The van der Waals surface area contributed by atoms with Crippen LogP contribution in [-0.2, 0) is 19.1 Å². The van der Waals surface area contributed by atoms with E-state index >= 15 is 0 Å². The Morgan fingerprint density at radius 1 is 1.32 bits per heavy atom. The van der Waals surface area contributed by atoms with Gasteiger partial charge >= 0.3 is 11.9 Å². The molecular weight excluding hydrogens is 346 g/mol. The predicted molar refractivity (Wildman–Crippen MR) is 91.6 cm³/mol. The molecule has 1 aliphatic rings. The minimum atomic E-state index is -1.05. The third-order valence-electron chi connectivity index (χ3n) is 4.01. The number of benzene rings is 1. The van der Waals surface area contributed by atoms with Gasteiger partial charge in [-0.1, -0.05) is 24.3 Å². The number of methoxy groups -OCH3 is 1. The van der Waals surface area contributed by atoms with Crippen molar-refractivity contribution in [2.45, 2.75) is 18.9 Å². The van der Waals surface area contributed by atoms with Gasteiger partial charge in [0.15, 0.2) is 5.78 Å². The summed E-state index contributed by atoms with van der Waals surface area (Å²) in [6.45, 7) is 1.29. The first-order valence-corrected chi connectivity index (χ1v) is 8.81. The van der Waals surface area contributed by atoms with Gasteiger partial charge in [-0.3, -0.25) is 14.4 Å². The minimum absolute atomic E-state index is 0.193. The molecule has 134 valence electrons. The van der Waals surface area contributed by atoms with Gasteiger partial charge in [-0.05, 0) is 5.56 Å². The van der Waals surface area contributed by atoms with E-state index in [0.717, 1.165) is 0 Å². The second kappa shape index (κ2) is 8.15. The highest BCUT2D eigenvalue weighted by Gasteiger charge is 2.43. The summed E-state index contributed by atoms with van der Waals surface area (Å²) >= 11 is 1.24. The Hall–Kier alpha value is -2.35. The van der Waals surface area contributed by atoms with Crippen LogP contribution in [0.2, 0.25) is 0 Å². The van der Waals surface area contributed by atoms with Crippen molar-refractivity contribution >= 4 is 35.4 Å². The standard InChI is InChI=1S/C17H19NO6S/c1-9(19)18-13(17(23)24-2)8-25-7-12-14(16(21)22)10-5-3-4-6-11(10)15(12)20/h3-6,12-14H,7-8H2,1-2H3,(H,18,19)(H,21,22)/t12?,13-,14?/m0/s1. The number of amides is 1. The summed E-state index contributed by atoms with van der Waals surface area (Å²) in [5.74, 6) is -3.37. The summed E-state index contributed by atoms with van der Waals surface area (Å²) in [6, 6.07) is 5.87. The summed E-state index contributed by atoms with van der Waals surface area (Å²) < 4.78 is 4.64. The van der Waals surface area contributed by atoms with Gasteiger partial charge < -0.3 is 15.2 Å². The van der Waals surface area contributed by atoms with Gasteiger partial charge in [-0.25, -0.2) is 4.79 Å². The highest BCUT2D eigenvalue weighted by molar-refractivity contribution is 7.99. The third-order valence-corrected chi connectivity index (χ3v) is 5.18. The maximum atomic E-state index is 12.5. The van der Waals surface area contributed by atoms with Crippen LogP contribution < -0.4 is 5.32 Å². The molecule has 2 N–H and O–H groups in total. The van der Waals surface area contributed by atoms with E-state index in [2.05, 4.69) is 10.1 Å². The van der Waals surface area contributed by atoms with Crippen LogP contribution in [0.25, 0.3) is 0 Å². The number of rotatable bonds is 7. The van der Waals surface area contributed by atoms with Crippen molar-refractivity contribution in [3.8, 4) is 0 Å². The zero-order valence-electron chi connectivity index (χ0n) is 13.9. The number of ether oxygens (including phenoxy) is 1. The van der Waals surface area contributed by atoms with Gasteiger partial charge in [0.25, 0.3) is 0 Å². The summed E-state index contributed by atoms with van der Waals surface area (Å²) in [5.41, 5.74) is 0.962. The molecule has 0 spiro atoms. The molecular formula is C17H19NO6S. The van der Waals surface area contributed by atoms with E-state index in [1.807, 2.05) is 0 Å². The zero-order chi connectivity index (χ0) is 18.6. The molecule has 1 aromatic rings. The third kappa shape index (κ3) is 4.19. The molecule has 2 unspecified atom stereocenters. The lowest BCUT2D eigenvalue weighted by Crippen LogP contribution is -2.42. The van der Waals surface area contributed by atoms with Gasteiger partial charge in [0.2, 0.25) is 5.91 Å². The number of nitrogens with one attached hydrogen (secondary N) is 1. The van der Waals surface area contributed by atoms with E-state index in [4.69, 9.17) is 0 Å². The van der Waals surface area contributed by atoms with E-state index in [-0.39, 0.29) is 23.2 Å². The molecule has 2 rings (SSSR count). The number of carbonyl (C=O) groups excluding carboxylic acids is 3. The smallest absolute Gasteiger partial charge is 0.329 e. The monoisotopic (exact) mass is 365 g/mol. The van der Waals surface area contributed by atoms with E-state index in [1.54, 1.807) is 24.3 Å². The number of carboxylic acids is 1. The Kier molecular flexibility index (Phi) is 6.19. The van der Waals surface area contributed by atoms with E-state index in [9.17, 15) is 24.3 Å². The van der Waals surface area contributed by atoms with Gasteiger partial charge in [0.05, 0.1) is 13.0 Å². The summed E-state index contributed by atoms with van der Waals surface area (Å²) in [5, 5.41) is 12.0. The van der Waals surface area contributed by atoms with Gasteiger partial charge in [-0.15, -0.1) is 0 Å². The maximum Gasteiger partial charge on any atom is 0.329 e. The van der Waals surface area contributed by atoms with E-state index < -0.39 is 29.8 Å². The molecule has 1 aliphatic carbocycles. The number of ketones is 1. The average Bonchev–Trinajstić information content (AvgIpc) is 2.86. The molecule has 0 aromatic heterocycles. The number of thioether (sulfide) groups is 1. The largest absolute Gasteiger partial charge is 0.481 e. The van der Waals surface area contributed by atoms with Crippen LogP contribution in [0.3, 0.4) is 0 Å². The molecule has 0 saturated carbocycles. The molecule has 25 heavy (non-hydrogen) atoms. The van der Waals surface area contributed by atoms with E-state index in [0.29, 0.717) is 11.1 Å². The first-order valence-electron chi connectivity index (χ1n) is 7.65. The summed E-state index contributed by atoms with van der Waals surface area (Å²) in [4.78, 5) is 47.0. The number of carbonyl (C=O) groups is 4. The molecule has 0 aliphatic heterocycles. The quantitative estimate of drug-likeness (QED) is 0.696. The molecule has 1 aromatic carbocycles. The molecule has 0 heterocycles. The Balaban J connectivity index is 2.07. The van der Waals surface area contributed by atoms with Gasteiger partial charge in [0, 0.05) is 29.9 Å². The van der Waals surface area contributed by atoms with Crippen molar-refractivity contribution in [2.75, 3.05) is 18.6 Å². The first kappa shape index (κ1) is 19.0. The summed E-state index contributed by atoms with van der Waals surface area (Å²) in [7, 11) is 1.22. The van der Waals surface area contributed by atoms with Crippen molar-refractivity contribution in [1.29, 1.82) is 0 Å². The Morgan fingerprint density at radius 3 is 2.60 bits per heavy atom. The maximum absolute atomic E-state index is 12.5. The highest BCUT2D eigenvalue weighted by atomic mass is 32.2. The number of esters is 1. The number of carboxylic acid groups (broad SMARTS) is 1. The number of hydrogen-bond donors (Lipinski definition) is 2. The number of Topliss-reactive ketones (excluding diaryl/α,β-unsaturated/α-hetero) is 1. The fourth-order valence-electron chi connectivity index (χ4n) is 2.91. The molecule has 0 radical (unpaired) electrons. The Labute approximate surface area is 149 Å². The van der Waals surface area contributed by atoms with Crippen LogP contribution in [0, 0.1) is 5.92 Å². The molecule has 0 fully saturated rings. The van der Waals surface area contributed by atoms with Crippen LogP contribution in [0.15, 0.2) is 24.3 Å². The first-order chi connectivity index (χ1) is 11.9. The number of fused-ring (bicyclic) bond motifs is 1. The highest BCUT2D eigenvalue weighted by Crippen LogP contribution is 2.39. The number of aliphatic carboxylic acids is 1. The number of hydrogen-bond acceptors (Lipinski definition) is 6. The van der Waals surface area contributed by atoms with Crippen molar-refractivity contribution in [3.63, 3.8) is 0 Å². The zero-order valence-corrected chi connectivity index (χ0v) is 14.7. The lowest BCUT2D eigenvalue weighted by atomic mass is 9.94. The van der Waals surface area contributed by atoms with Crippen LogP contribution >= 0.6 is 11.8 Å². The van der Waals surface area contributed by atoms with Gasteiger partial charge in [0.1, 0.15) is 6.04 Å². The van der Waals surface area contributed by atoms with Crippen LogP contribution in [0.4, 0.5) is 0 Å². The molecule has 7 nitrogen and oxygen atoms in total. The fraction of sp³-hybridized carbons (Fsp3) is 0.412. The van der Waals surface area contributed by atoms with Crippen LogP contribution in [-0.4, -0.2) is 53.4 Å². The van der Waals surface area contributed by atoms with E-state index in [1.165, 1.54) is 25.8 Å². The van der Waals surface area contributed by atoms with Crippen molar-refractivity contribution in [2.24, 2.45) is 5.92 Å². The van der Waals surface area contributed by atoms with Crippen molar-refractivity contribution < 1.29 is 29.0 Å². The second-order valence-corrected chi connectivity index (χ2v) is 6.76. The summed E-state index contributed by atoms with van der Waals surface area (Å²) in [6.07, 6.45) is 0. The average molecular weight is 365 g/mol. The van der Waals surface area contributed by atoms with Gasteiger partial charge in [-0.2, -0.15) is 11.8 Å². The lowest BCUT2D eigenvalue weighted by Gasteiger charge is -2.18. The van der Waals surface area contributed by atoms with Crippen LogP contribution in [0.1, 0.15) is 28.8 Å². The topological polar surface area (TPSA) is 110 Å². The normalized spacial score (nSPS) is 19.8. The molecule has 1 amide bonds. The minimum Gasteiger partial charge on any atom is -0.481 e. The van der Waals surface area contributed by atoms with Crippen molar-refractivity contribution in [3.05, 3.63) is 35.4 Å². The molecule has 3 atom stereocenters. The predicted octanol–water partition coefficient (Wildman–Crippen LogP) is 1.08. The fourth-order valence-corrected chi connectivity index (χ4v) is 4.10. The van der Waals surface area contributed by atoms with Crippen LogP contribution in [0.5, 0.6) is 0 Å². The Morgan fingerprint density at radius 2 is 2.00 bits per heavy atom. The second-order valence-electron chi connectivity index (χ2n) is 5.69. The molecule has 0 bridgehead atoms. The molecule has 0 saturated heterocycles. The SMILES string of the molecule is COC(=O)[C@H](CSCC1C(=O)c2ccccc2C1C(=O)O)NC(C)=O. The molecule has 8 heteroatoms.